The zero-order valence-corrected chi connectivity index (χ0v) is 10.4. The summed E-state index contributed by atoms with van der Waals surface area (Å²) in [5, 5.41) is 0.912. The second-order valence-corrected chi connectivity index (χ2v) is 5.13. The van der Waals surface area contributed by atoms with Crippen molar-refractivity contribution in [2.45, 2.75) is 6.54 Å². The van der Waals surface area contributed by atoms with Crippen molar-refractivity contribution < 1.29 is 4.39 Å². The number of nitrogens with two attached hydrogens (primary N) is 1. The number of nitrogens with zero attached hydrogens (tertiary/aromatic N) is 1. The first kappa shape index (κ1) is 11.3. The van der Waals surface area contributed by atoms with Crippen LogP contribution in [0.25, 0.3) is 20.7 Å². The largest absolute Gasteiger partial charge is 0.326 e. The Morgan fingerprint density at radius 2 is 2.06 bits per heavy atom. The molecule has 0 fully saturated rings. The standard InChI is InChI=1S/C14H11FN2S/c15-11-1-2-13-10(6-11)7-14(18-13)12-5-9(8-16)3-4-17-12/h1-7H,8,16H2. The molecule has 0 saturated carbocycles. The van der Waals surface area contributed by atoms with Crippen molar-refractivity contribution in [3.63, 3.8) is 0 Å². The van der Waals surface area contributed by atoms with Crippen LogP contribution in [0.3, 0.4) is 0 Å². The van der Waals surface area contributed by atoms with E-state index in [1.165, 1.54) is 6.07 Å². The number of aromatic nitrogens is 1. The maximum Gasteiger partial charge on any atom is 0.123 e. The van der Waals surface area contributed by atoms with Gasteiger partial charge in [0.25, 0.3) is 0 Å². The molecule has 0 saturated heterocycles. The molecule has 0 bridgehead atoms. The molecule has 2 N–H and O–H groups in total. The highest BCUT2D eigenvalue weighted by atomic mass is 32.1. The zero-order chi connectivity index (χ0) is 12.5. The summed E-state index contributed by atoms with van der Waals surface area (Å²) < 4.78 is 14.2. The highest BCUT2D eigenvalue weighted by Gasteiger charge is 2.06. The van der Waals surface area contributed by atoms with Crippen LogP contribution in [0.2, 0.25) is 0 Å². The first-order valence-electron chi connectivity index (χ1n) is 5.61. The van der Waals surface area contributed by atoms with Gasteiger partial charge in [-0.3, -0.25) is 4.98 Å². The lowest BCUT2D eigenvalue weighted by Gasteiger charge is -1.99. The lowest BCUT2D eigenvalue weighted by atomic mass is 10.2. The molecule has 3 rings (SSSR count). The number of fused-ring (bicyclic) bond motifs is 1. The van der Waals surface area contributed by atoms with E-state index in [0.29, 0.717) is 6.54 Å². The normalized spacial score (nSPS) is 11.0. The van der Waals surface area contributed by atoms with Gasteiger partial charge in [0.1, 0.15) is 5.82 Å². The molecule has 0 aliphatic rings. The number of thiophene rings is 1. The van der Waals surface area contributed by atoms with Gasteiger partial charge in [0.15, 0.2) is 0 Å². The summed E-state index contributed by atoms with van der Waals surface area (Å²) in [6.07, 6.45) is 1.75. The predicted molar refractivity (Wildman–Crippen MR) is 72.9 cm³/mol. The number of hydrogen-bond acceptors (Lipinski definition) is 3. The second-order valence-electron chi connectivity index (χ2n) is 4.05. The van der Waals surface area contributed by atoms with Gasteiger partial charge in [-0.05, 0) is 47.3 Å². The summed E-state index contributed by atoms with van der Waals surface area (Å²) in [7, 11) is 0. The fourth-order valence-electron chi connectivity index (χ4n) is 1.88. The molecule has 0 amide bonds. The van der Waals surface area contributed by atoms with Gasteiger partial charge in [0.2, 0.25) is 0 Å². The molecule has 0 radical (unpaired) electrons. The Hall–Kier alpha value is -1.78. The maximum absolute atomic E-state index is 13.1. The molecule has 2 heterocycles. The number of benzene rings is 1. The average molecular weight is 258 g/mol. The minimum Gasteiger partial charge on any atom is -0.326 e. The molecule has 90 valence electrons. The van der Waals surface area contributed by atoms with Crippen molar-refractivity contribution in [3.05, 3.63) is 54.0 Å². The third-order valence-corrected chi connectivity index (χ3v) is 3.93. The van der Waals surface area contributed by atoms with E-state index < -0.39 is 0 Å². The summed E-state index contributed by atoms with van der Waals surface area (Å²) >= 11 is 1.61. The van der Waals surface area contributed by atoms with E-state index in [1.807, 2.05) is 18.2 Å². The first-order chi connectivity index (χ1) is 8.76. The van der Waals surface area contributed by atoms with Gasteiger partial charge in [-0.25, -0.2) is 4.39 Å². The summed E-state index contributed by atoms with van der Waals surface area (Å²) in [6.45, 7) is 0.495. The summed E-state index contributed by atoms with van der Waals surface area (Å²) in [5.74, 6) is -0.212. The van der Waals surface area contributed by atoms with Gasteiger partial charge in [0, 0.05) is 17.4 Å². The third-order valence-electron chi connectivity index (χ3n) is 2.79. The van der Waals surface area contributed by atoms with Crippen LogP contribution in [0.15, 0.2) is 42.6 Å². The lowest BCUT2D eigenvalue weighted by Crippen LogP contribution is -1.96. The van der Waals surface area contributed by atoms with Crippen molar-refractivity contribution in [2.24, 2.45) is 5.73 Å². The van der Waals surface area contributed by atoms with Crippen LogP contribution in [0, 0.1) is 5.82 Å². The van der Waals surface area contributed by atoms with Crippen LogP contribution in [-0.4, -0.2) is 4.98 Å². The number of hydrogen-bond donors (Lipinski definition) is 1. The molecule has 0 unspecified atom stereocenters. The van der Waals surface area contributed by atoms with E-state index in [-0.39, 0.29) is 5.82 Å². The van der Waals surface area contributed by atoms with Crippen LogP contribution in [0.5, 0.6) is 0 Å². The fourth-order valence-corrected chi connectivity index (χ4v) is 2.89. The van der Waals surface area contributed by atoms with Crippen LogP contribution in [-0.2, 0) is 6.54 Å². The second kappa shape index (κ2) is 4.48. The Morgan fingerprint density at radius 3 is 2.89 bits per heavy atom. The van der Waals surface area contributed by atoms with E-state index in [9.17, 15) is 4.39 Å². The van der Waals surface area contributed by atoms with E-state index in [1.54, 1.807) is 29.7 Å². The molecular formula is C14H11FN2S. The fraction of sp³-hybridized carbons (Fsp3) is 0.0714. The molecule has 2 nitrogen and oxygen atoms in total. The van der Waals surface area contributed by atoms with Gasteiger partial charge in [0.05, 0.1) is 10.6 Å². The van der Waals surface area contributed by atoms with Crippen molar-refractivity contribution in [3.8, 4) is 10.6 Å². The molecule has 18 heavy (non-hydrogen) atoms. The Kier molecular flexibility index (Phi) is 2.81. The van der Waals surface area contributed by atoms with Crippen molar-refractivity contribution in [1.82, 2.24) is 4.98 Å². The zero-order valence-electron chi connectivity index (χ0n) is 9.56. The Balaban J connectivity index is 2.13. The van der Waals surface area contributed by atoms with Crippen molar-refractivity contribution in [1.29, 1.82) is 0 Å². The highest BCUT2D eigenvalue weighted by molar-refractivity contribution is 7.22. The monoisotopic (exact) mass is 258 g/mol. The van der Waals surface area contributed by atoms with Crippen LogP contribution in [0.4, 0.5) is 4.39 Å². The summed E-state index contributed by atoms with van der Waals surface area (Å²) in [6, 6.07) is 10.7. The smallest absolute Gasteiger partial charge is 0.123 e. The molecule has 3 aromatic rings. The third kappa shape index (κ3) is 2.00. The molecule has 0 aliphatic heterocycles. The van der Waals surface area contributed by atoms with Crippen LogP contribution < -0.4 is 5.73 Å². The highest BCUT2D eigenvalue weighted by Crippen LogP contribution is 2.32. The average Bonchev–Trinajstić information content (AvgIpc) is 2.81. The van der Waals surface area contributed by atoms with Crippen LogP contribution >= 0.6 is 11.3 Å². The maximum atomic E-state index is 13.1. The van der Waals surface area contributed by atoms with E-state index in [4.69, 9.17) is 5.73 Å². The molecule has 1 aromatic carbocycles. The summed E-state index contributed by atoms with van der Waals surface area (Å²) in [5.41, 5.74) is 7.55. The molecule has 0 atom stereocenters. The number of pyridine rings is 1. The van der Waals surface area contributed by atoms with E-state index in [0.717, 1.165) is 26.2 Å². The lowest BCUT2D eigenvalue weighted by molar-refractivity contribution is 0.630. The quantitative estimate of drug-likeness (QED) is 0.763. The Morgan fingerprint density at radius 1 is 1.17 bits per heavy atom. The van der Waals surface area contributed by atoms with Crippen LogP contribution in [0.1, 0.15) is 5.56 Å². The van der Waals surface area contributed by atoms with E-state index >= 15 is 0 Å². The van der Waals surface area contributed by atoms with Crippen molar-refractivity contribution >= 4 is 21.4 Å². The van der Waals surface area contributed by atoms with Gasteiger partial charge < -0.3 is 5.73 Å². The van der Waals surface area contributed by atoms with Crippen molar-refractivity contribution in [2.75, 3.05) is 0 Å². The number of rotatable bonds is 2. The first-order valence-corrected chi connectivity index (χ1v) is 6.42. The van der Waals surface area contributed by atoms with E-state index in [2.05, 4.69) is 4.98 Å². The molecule has 0 spiro atoms. The molecule has 0 aliphatic carbocycles. The SMILES string of the molecule is NCc1ccnc(-c2cc3cc(F)ccc3s2)c1. The number of halogens is 1. The summed E-state index contributed by atoms with van der Waals surface area (Å²) in [4.78, 5) is 5.37. The minimum atomic E-state index is -0.212. The Labute approximate surface area is 108 Å². The minimum absolute atomic E-state index is 0.212. The molecular weight excluding hydrogens is 247 g/mol. The van der Waals surface area contributed by atoms with Gasteiger partial charge in [-0.15, -0.1) is 11.3 Å². The topological polar surface area (TPSA) is 38.9 Å². The van der Waals surface area contributed by atoms with Gasteiger partial charge in [-0.2, -0.15) is 0 Å². The molecule has 4 heteroatoms. The Bertz CT molecular complexity index is 706. The molecule has 2 aromatic heterocycles. The van der Waals surface area contributed by atoms with Gasteiger partial charge >= 0.3 is 0 Å². The van der Waals surface area contributed by atoms with Gasteiger partial charge in [-0.1, -0.05) is 0 Å². The predicted octanol–water partition coefficient (Wildman–Crippen LogP) is 3.56.